The summed E-state index contributed by atoms with van der Waals surface area (Å²) in [5.41, 5.74) is 2.05. The topological polar surface area (TPSA) is 58.7 Å². The van der Waals surface area contributed by atoms with Gasteiger partial charge < -0.3 is 4.90 Å². The summed E-state index contributed by atoms with van der Waals surface area (Å²) >= 11 is 1.70. The Morgan fingerprint density at radius 3 is 2.68 bits per heavy atom. The van der Waals surface area contributed by atoms with Gasteiger partial charge in [-0.05, 0) is 26.0 Å². The Morgan fingerprint density at radius 1 is 1.42 bits per heavy atom. The number of nitro benzene ring substituents is 1. The van der Waals surface area contributed by atoms with E-state index in [1.54, 1.807) is 23.9 Å². The second kappa shape index (κ2) is 5.88. The lowest BCUT2D eigenvalue weighted by atomic mass is 10.3. The molecule has 5 nitrogen and oxygen atoms in total. The maximum absolute atomic E-state index is 10.6. The summed E-state index contributed by atoms with van der Waals surface area (Å²) in [5, 5.41) is 11.5. The second-order valence-electron chi connectivity index (χ2n) is 4.42. The fraction of sp³-hybridized carbons (Fsp3) is 0.308. The lowest BCUT2D eigenvalue weighted by Crippen LogP contribution is -2.17. The third kappa shape index (κ3) is 3.57. The van der Waals surface area contributed by atoms with Crippen LogP contribution >= 0.6 is 11.8 Å². The average molecular weight is 277 g/mol. The highest BCUT2D eigenvalue weighted by molar-refractivity contribution is 8.14. The van der Waals surface area contributed by atoms with Crippen LogP contribution in [0, 0.1) is 10.1 Å². The average Bonchev–Trinajstić information content (AvgIpc) is 2.76. The molecule has 1 aliphatic rings. The van der Waals surface area contributed by atoms with Crippen molar-refractivity contribution >= 4 is 28.3 Å². The van der Waals surface area contributed by atoms with Crippen molar-refractivity contribution in [3.63, 3.8) is 0 Å². The zero-order valence-electron chi connectivity index (χ0n) is 10.9. The van der Waals surface area contributed by atoms with Crippen LogP contribution in [0.2, 0.25) is 0 Å². The molecule has 0 unspecified atom stereocenters. The molecule has 0 spiro atoms. The quantitative estimate of drug-likeness (QED) is 0.626. The van der Waals surface area contributed by atoms with Crippen LogP contribution in [0.4, 0.5) is 11.4 Å². The van der Waals surface area contributed by atoms with Crippen LogP contribution in [0.5, 0.6) is 0 Å². The number of nitrogens with zero attached hydrogens (tertiary/aromatic N) is 3. The summed E-state index contributed by atoms with van der Waals surface area (Å²) in [6, 6.07) is 6.30. The van der Waals surface area contributed by atoms with E-state index < -0.39 is 4.92 Å². The Labute approximate surface area is 116 Å². The van der Waals surface area contributed by atoms with E-state index in [1.807, 2.05) is 13.8 Å². The molecule has 6 heteroatoms. The molecule has 19 heavy (non-hydrogen) atoms. The van der Waals surface area contributed by atoms with Crippen molar-refractivity contribution in [1.82, 2.24) is 4.90 Å². The number of allylic oxidation sites excluding steroid dienone is 1. The van der Waals surface area contributed by atoms with E-state index in [-0.39, 0.29) is 5.69 Å². The molecule has 0 atom stereocenters. The Bertz CT molecular complexity index is 533. The highest BCUT2D eigenvalue weighted by Gasteiger charge is 2.17. The molecule has 0 radical (unpaired) electrons. The third-order valence-electron chi connectivity index (χ3n) is 2.51. The number of hydrogen-bond acceptors (Lipinski definition) is 4. The first-order valence-electron chi connectivity index (χ1n) is 5.94. The summed E-state index contributed by atoms with van der Waals surface area (Å²) in [6.07, 6.45) is 2.07. The van der Waals surface area contributed by atoms with Gasteiger partial charge in [-0.25, -0.2) is 4.99 Å². The largest absolute Gasteiger partial charge is 0.327 e. The van der Waals surface area contributed by atoms with Crippen LogP contribution in [0.3, 0.4) is 0 Å². The number of benzene rings is 1. The van der Waals surface area contributed by atoms with Crippen molar-refractivity contribution in [2.75, 3.05) is 12.3 Å². The first kappa shape index (κ1) is 13.6. The van der Waals surface area contributed by atoms with E-state index in [0.717, 1.165) is 23.2 Å². The SMILES string of the molecule is CC(C)=CN1CCSC1=Nc1ccc([N+](=O)[O-])cc1. The number of non-ortho nitro benzene ring substituents is 1. The maximum atomic E-state index is 10.6. The fourth-order valence-corrected chi connectivity index (χ4v) is 2.65. The van der Waals surface area contributed by atoms with E-state index >= 15 is 0 Å². The highest BCUT2D eigenvalue weighted by atomic mass is 32.2. The van der Waals surface area contributed by atoms with Crippen LogP contribution < -0.4 is 0 Å². The summed E-state index contributed by atoms with van der Waals surface area (Å²) in [4.78, 5) is 16.8. The molecule has 0 saturated carbocycles. The highest BCUT2D eigenvalue weighted by Crippen LogP contribution is 2.24. The molecule has 1 aliphatic heterocycles. The zero-order chi connectivity index (χ0) is 13.8. The summed E-state index contributed by atoms with van der Waals surface area (Å²) in [6.45, 7) is 5.04. The predicted molar refractivity (Wildman–Crippen MR) is 78.8 cm³/mol. The molecule has 1 saturated heterocycles. The Balaban J connectivity index is 2.20. The standard InChI is InChI=1S/C13H15N3O2S/c1-10(2)9-15-7-8-19-13(15)14-11-3-5-12(6-4-11)16(17)18/h3-6,9H,7-8H2,1-2H3. The number of thioether (sulfide) groups is 1. The molecule has 0 N–H and O–H groups in total. The Hall–Kier alpha value is -1.82. The molecular weight excluding hydrogens is 262 g/mol. The molecule has 0 aliphatic carbocycles. The number of aliphatic imine (C=N–C) groups is 1. The number of hydrogen-bond donors (Lipinski definition) is 0. The zero-order valence-corrected chi connectivity index (χ0v) is 11.7. The van der Waals surface area contributed by atoms with Crippen molar-refractivity contribution in [3.05, 3.63) is 46.2 Å². The van der Waals surface area contributed by atoms with Crippen LogP contribution in [0.1, 0.15) is 13.8 Å². The van der Waals surface area contributed by atoms with Gasteiger partial charge in [0.2, 0.25) is 0 Å². The van der Waals surface area contributed by atoms with Crippen molar-refractivity contribution in [3.8, 4) is 0 Å². The summed E-state index contributed by atoms with van der Waals surface area (Å²) < 4.78 is 0. The second-order valence-corrected chi connectivity index (χ2v) is 5.48. The van der Waals surface area contributed by atoms with Gasteiger partial charge >= 0.3 is 0 Å². The van der Waals surface area contributed by atoms with Crippen molar-refractivity contribution in [2.45, 2.75) is 13.8 Å². The van der Waals surface area contributed by atoms with Gasteiger partial charge in [-0.15, -0.1) is 0 Å². The van der Waals surface area contributed by atoms with Gasteiger partial charge in [0, 0.05) is 30.6 Å². The lowest BCUT2D eigenvalue weighted by molar-refractivity contribution is -0.384. The van der Waals surface area contributed by atoms with Gasteiger partial charge in [0.15, 0.2) is 5.17 Å². The van der Waals surface area contributed by atoms with E-state index in [2.05, 4.69) is 16.1 Å². The van der Waals surface area contributed by atoms with E-state index in [4.69, 9.17) is 0 Å². The Kier molecular flexibility index (Phi) is 4.21. The van der Waals surface area contributed by atoms with Crippen LogP contribution in [0.15, 0.2) is 41.0 Å². The molecule has 100 valence electrons. The minimum absolute atomic E-state index is 0.0872. The molecule has 0 bridgehead atoms. The van der Waals surface area contributed by atoms with Gasteiger partial charge in [-0.3, -0.25) is 10.1 Å². The first-order valence-corrected chi connectivity index (χ1v) is 6.92. The molecule has 1 heterocycles. The van der Waals surface area contributed by atoms with Crippen LogP contribution in [0.25, 0.3) is 0 Å². The van der Waals surface area contributed by atoms with Gasteiger partial charge in [0.05, 0.1) is 10.6 Å². The normalized spacial score (nSPS) is 16.7. The van der Waals surface area contributed by atoms with Crippen molar-refractivity contribution < 1.29 is 4.92 Å². The summed E-state index contributed by atoms with van der Waals surface area (Å²) in [5.74, 6) is 1.01. The number of nitro groups is 1. The van der Waals surface area contributed by atoms with Crippen molar-refractivity contribution in [2.24, 2.45) is 4.99 Å². The van der Waals surface area contributed by atoms with Gasteiger partial charge in [-0.1, -0.05) is 17.3 Å². The first-order chi connectivity index (χ1) is 9.06. The summed E-state index contributed by atoms with van der Waals surface area (Å²) in [7, 11) is 0. The smallest absolute Gasteiger partial charge is 0.269 e. The van der Waals surface area contributed by atoms with E-state index in [9.17, 15) is 10.1 Å². The minimum Gasteiger partial charge on any atom is -0.327 e. The minimum atomic E-state index is -0.406. The van der Waals surface area contributed by atoms with E-state index in [0.29, 0.717) is 0 Å². The maximum Gasteiger partial charge on any atom is 0.269 e. The molecule has 1 fully saturated rings. The molecule has 1 aromatic rings. The van der Waals surface area contributed by atoms with Gasteiger partial charge in [0.1, 0.15) is 0 Å². The number of amidine groups is 1. The third-order valence-corrected chi connectivity index (χ3v) is 3.48. The lowest BCUT2D eigenvalue weighted by Gasteiger charge is -2.12. The van der Waals surface area contributed by atoms with Crippen LogP contribution in [-0.2, 0) is 0 Å². The fourth-order valence-electron chi connectivity index (χ4n) is 1.70. The predicted octanol–water partition coefficient (Wildman–Crippen LogP) is 3.55. The van der Waals surface area contributed by atoms with Gasteiger partial charge in [0.25, 0.3) is 5.69 Å². The molecule has 2 rings (SSSR count). The molecule has 1 aromatic carbocycles. The molecular formula is C13H15N3O2S. The van der Waals surface area contributed by atoms with Crippen LogP contribution in [-0.4, -0.2) is 27.3 Å². The molecule has 0 amide bonds. The number of rotatable bonds is 3. The van der Waals surface area contributed by atoms with Gasteiger partial charge in [-0.2, -0.15) is 0 Å². The monoisotopic (exact) mass is 277 g/mol. The van der Waals surface area contributed by atoms with Crippen molar-refractivity contribution in [1.29, 1.82) is 0 Å². The van der Waals surface area contributed by atoms with E-state index in [1.165, 1.54) is 17.7 Å². The Morgan fingerprint density at radius 2 is 2.11 bits per heavy atom. The molecule has 0 aromatic heterocycles.